The molecule has 0 radical (unpaired) electrons. The molecule has 0 saturated carbocycles. The second kappa shape index (κ2) is 8.17. The normalized spacial score (nSPS) is 16.1. The highest BCUT2D eigenvalue weighted by Crippen LogP contribution is 2.38. The van der Waals surface area contributed by atoms with Crippen molar-refractivity contribution in [2.45, 2.75) is 18.9 Å². The van der Waals surface area contributed by atoms with E-state index in [2.05, 4.69) is 9.97 Å². The van der Waals surface area contributed by atoms with Crippen LogP contribution in [0.1, 0.15) is 35.1 Å². The molecule has 1 atom stereocenters. The molecule has 1 saturated heterocycles. The number of aromatic nitrogens is 3. The summed E-state index contributed by atoms with van der Waals surface area (Å²) in [6.07, 6.45) is 5.25. The summed E-state index contributed by atoms with van der Waals surface area (Å²) in [5.74, 6) is 0.551. The molecule has 1 amide bonds. The predicted octanol–water partition coefficient (Wildman–Crippen LogP) is 4.24. The summed E-state index contributed by atoms with van der Waals surface area (Å²) in [5, 5.41) is 0.675. The third kappa shape index (κ3) is 3.93. The lowest BCUT2D eigenvalue weighted by atomic mass is 9.99. The molecule has 29 heavy (non-hydrogen) atoms. The van der Waals surface area contributed by atoms with Crippen LogP contribution in [0.15, 0.2) is 54.9 Å². The van der Waals surface area contributed by atoms with E-state index in [4.69, 9.17) is 16.6 Å². The Balaban J connectivity index is 1.78. The fraction of sp³-hybridized carbons (Fsp3) is 0.273. The van der Waals surface area contributed by atoms with Gasteiger partial charge in [-0.15, -0.1) is 0 Å². The number of rotatable bonds is 4. The van der Waals surface area contributed by atoms with E-state index in [9.17, 15) is 4.79 Å². The van der Waals surface area contributed by atoms with E-state index in [0.29, 0.717) is 23.2 Å². The monoisotopic (exact) mass is 407 g/mol. The first kappa shape index (κ1) is 19.3. The van der Waals surface area contributed by atoms with Gasteiger partial charge in [-0.1, -0.05) is 29.8 Å². The van der Waals surface area contributed by atoms with E-state index in [-0.39, 0.29) is 11.9 Å². The van der Waals surface area contributed by atoms with Gasteiger partial charge in [-0.05, 0) is 42.7 Å². The number of hydrogen-bond donors (Lipinski definition) is 0. The van der Waals surface area contributed by atoms with Crippen LogP contribution in [0.2, 0.25) is 5.02 Å². The average Bonchev–Trinajstić information content (AvgIpc) is 3.23. The zero-order chi connectivity index (χ0) is 20.4. The van der Waals surface area contributed by atoms with E-state index in [0.717, 1.165) is 29.7 Å². The molecule has 0 unspecified atom stereocenters. The zero-order valence-electron chi connectivity index (χ0n) is 16.4. The summed E-state index contributed by atoms with van der Waals surface area (Å²) >= 11 is 6.07. The number of nitrogens with zero attached hydrogens (tertiary/aromatic N) is 5. The standard InChI is InChI=1S/C22H22ClN5O/c1-27(2)22-25-14-17(15-8-10-16(23)11-9-15)20(26-22)19-7-5-13-28(19)21(29)18-6-3-4-12-24-18/h3-4,6,8-12,14,19H,5,7,13H2,1-2H3/t19-/m0/s1. The van der Waals surface area contributed by atoms with Gasteiger partial charge in [0.25, 0.3) is 5.91 Å². The lowest BCUT2D eigenvalue weighted by Gasteiger charge is -2.26. The highest BCUT2D eigenvalue weighted by molar-refractivity contribution is 6.30. The Labute approximate surface area is 175 Å². The van der Waals surface area contributed by atoms with Gasteiger partial charge in [0.05, 0.1) is 11.7 Å². The first-order chi connectivity index (χ1) is 14.0. The molecular weight excluding hydrogens is 386 g/mol. The Kier molecular flexibility index (Phi) is 5.45. The van der Waals surface area contributed by atoms with Crippen LogP contribution in [0, 0.1) is 0 Å². The number of benzene rings is 1. The van der Waals surface area contributed by atoms with Crippen LogP contribution < -0.4 is 4.90 Å². The third-order valence-corrected chi connectivity index (χ3v) is 5.33. The molecule has 7 heteroatoms. The van der Waals surface area contributed by atoms with Crippen molar-refractivity contribution in [3.05, 3.63) is 71.3 Å². The van der Waals surface area contributed by atoms with E-state index in [1.54, 1.807) is 12.3 Å². The summed E-state index contributed by atoms with van der Waals surface area (Å²) in [4.78, 5) is 30.5. The van der Waals surface area contributed by atoms with E-state index >= 15 is 0 Å². The molecule has 3 heterocycles. The fourth-order valence-electron chi connectivity index (χ4n) is 3.64. The van der Waals surface area contributed by atoms with Crippen molar-refractivity contribution < 1.29 is 4.79 Å². The van der Waals surface area contributed by atoms with Crippen molar-refractivity contribution in [1.29, 1.82) is 0 Å². The lowest BCUT2D eigenvalue weighted by molar-refractivity contribution is 0.0727. The number of pyridine rings is 1. The van der Waals surface area contributed by atoms with Crippen LogP contribution in [0.25, 0.3) is 11.1 Å². The molecular formula is C22H22ClN5O. The number of anilines is 1. The molecule has 6 nitrogen and oxygen atoms in total. The van der Waals surface area contributed by atoms with Crippen LogP contribution >= 0.6 is 11.6 Å². The van der Waals surface area contributed by atoms with Crippen molar-refractivity contribution in [2.24, 2.45) is 0 Å². The Hall–Kier alpha value is -2.99. The summed E-state index contributed by atoms with van der Waals surface area (Å²) in [6, 6.07) is 12.9. The van der Waals surface area contributed by atoms with Gasteiger partial charge in [-0.2, -0.15) is 0 Å². The van der Waals surface area contributed by atoms with E-state index in [1.807, 2.05) is 66.5 Å². The lowest BCUT2D eigenvalue weighted by Crippen LogP contribution is -2.32. The number of likely N-dealkylation sites (tertiary alicyclic amines) is 1. The summed E-state index contributed by atoms with van der Waals surface area (Å²) in [7, 11) is 3.82. The summed E-state index contributed by atoms with van der Waals surface area (Å²) in [6.45, 7) is 0.682. The van der Waals surface area contributed by atoms with Crippen molar-refractivity contribution in [3.8, 4) is 11.1 Å². The first-order valence-electron chi connectivity index (χ1n) is 9.57. The fourth-order valence-corrected chi connectivity index (χ4v) is 3.76. The molecule has 1 aromatic carbocycles. The number of halogens is 1. The molecule has 0 aliphatic carbocycles. The molecule has 3 aromatic rings. The van der Waals surface area contributed by atoms with E-state index in [1.165, 1.54) is 0 Å². The molecule has 4 rings (SSSR count). The van der Waals surface area contributed by atoms with Gasteiger partial charge in [-0.25, -0.2) is 9.97 Å². The quantitative estimate of drug-likeness (QED) is 0.647. The minimum absolute atomic E-state index is 0.0693. The number of hydrogen-bond acceptors (Lipinski definition) is 5. The number of carbonyl (C=O) groups excluding carboxylic acids is 1. The maximum Gasteiger partial charge on any atom is 0.273 e. The van der Waals surface area contributed by atoms with Crippen LogP contribution in [-0.4, -0.2) is 46.4 Å². The van der Waals surface area contributed by atoms with Gasteiger partial charge in [0.2, 0.25) is 5.95 Å². The molecule has 1 fully saturated rings. The van der Waals surface area contributed by atoms with Gasteiger partial charge >= 0.3 is 0 Å². The predicted molar refractivity (Wildman–Crippen MR) is 114 cm³/mol. The molecule has 0 N–H and O–H groups in total. The van der Waals surface area contributed by atoms with Crippen LogP contribution in [0.4, 0.5) is 5.95 Å². The van der Waals surface area contributed by atoms with Gasteiger partial charge < -0.3 is 9.80 Å². The van der Waals surface area contributed by atoms with Gasteiger partial charge in [0.15, 0.2) is 0 Å². The highest BCUT2D eigenvalue weighted by atomic mass is 35.5. The average molecular weight is 408 g/mol. The molecule has 0 bridgehead atoms. The second-order valence-corrected chi connectivity index (χ2v) is 7.68. The third-order valence-electron chi connectivity index (χ3n) is 5.07. The van der Waals surface area contributed by atoms with Crippen molar-refractivity contribution in [2.75, 3.05) is 25.5 Å². The largest absolute Gasteiger partial charge is 0.347 e. The number of carbonyl (C=O) groups is 1. The molecule has 0 spiro atoms. The Morgan fingerprint density at radius 3 is 2.62 bits per heavy atom. The minimum atomic E-state index is -0.128. The van der Waals surface area contributed by atoms with Crippen molar-refractivity contribution >= 4 is 23.5 Å². The van der Waals surface area contributed by atoms with Crippen molar-refractivity contribution in [3.63, 3.8) is 0 Å². The molecule has 2 aromatic heterocycles. The Bertz CT molecular complexity index is 1010. The smallest absolute Gasteiger partial charge is 0.273 e. The van der Waals surface area contributed by atoms with E-state index < -0.39 is 0 Å². The summed E-state index contributed by atoms with van der Waals surface area (Å²) < 4.78 is 0. The van der Waals surface area contributed by atoms with Crippen LogP contribution in [0.3, 0.4) is 0 Å². The maximum atomic E-state index is 13.1. The van der Waals surface area contributed by atoms with Crippen LogP contribution in [0.5, 0.6) is 0 Å². The second-order valence-electron chi connectivity index (χ2n) is 7.24. The summed E-state index contributed by atoms with van der Waals surface area (Å²) in [5.41, 5.74) is 3.20. The van der Waals surface area contributed by atoms with Crippen molar-refractivity contribution in [1.82, 2.24) is 19.9 Å². The van der Waals surface area contributed by atoms with Gasteiger partial charge in [0, 0.05) is 43.6 Å². The Morgan fingerprint density at radius 1 is 1.14 bits per heavy atom. The minimum Gasteiger partial charge on any atom is -0.347 e. The van der Waals surface area contributed by atoms with Crippen LogP contribution in [-0.2, 0) is 0 Å². The first-order valence-corrected chi connectivity index (χ1v) is 9.94. The zero-order valence-corrected chi connectivity index (χ0v) is 17.2. The number of amides is 1. The molecule has 1 aliphatic heterocycles. The Morgan fingerprint density at radius 2 is 1.93 bits per heavy atom. The highest BCUT2D eigenvalue weighted by Gasteiger charge is 2.34. The van der Waals surface area contributed by atoms with Gasteiger partial charge in [-0.3, -0.25) is 9.78 Å². The topological polar surface area (TPSA) is 62.2 Å². The van der Waals surface area contributed by atoms with Gasteiger partial charge in [0.1, 0.15) is 5.69 Å². The molecule has 1 aliphatic rings. The molecule has 148 valence electrons. The maximum absolute atomic E-state index is 13.1. The SMILES string of the molecule is CN(C)c1ncc(-c2ccc(Cl)cc2)c([C@@H]2CCCN2C(=O)c2ccccn2)n1.